The molecular formula is C8H13N5O2. The molecule has 1 aromatic rings. The minimum absolute atomic E-state index is 0.250. The molecule has 7 heteroatoms. The van der Waals surface area contributed by atoms with Crippen LogP contribution < -0.4 is 10.6 Å². The monoisotopic (exact) mass is 211 g/mol. The van der Waals surface area contributed by atoms with Gasteiger partial charge in [-0.2, -0.15) is 4.98 Å². The largest absolute Gasteiger partial charge is 0.467 e. The Morgan fingerprint density at radius 2 is 2.53 bits per heavy atom. The van der Waals surface area contributed by atoms with Gasteiger partial charge in [-0.15, -0.1) is 5.10 Å². The average Bonchev–Trinajstić information content (AvgIpc) is 2.84. The molecule has 7 nitrogen and oxygen atoms in total. The summed E-state index contributed by atoms with van der Waals surface area (Å²) in [5.74, 6) is 0.455. The Kier molecular flexibility index (Phi) is 2.44. The fourth-order valence-corrected chi connectivity index (χ4v) is 1.78. The van der Waals surface area contributed by atoms with Crippen LogP contribution in [0.15, 0.2) is 0 Å². The molecule has 0 radical (unpaired) electrons. The van der Waals surface area contributed by atoms with Crippen molar-refractivity contribution in [2.24, 2.45) is 0 Å². The highest BCUT2D eigenvalue weighted by atomic mass is 16.5. The average molecular weight is 211 g/mol. The molecular weight excluding hydrogens is 198 g/mol. The molecule has 0 saturated carbocycles. The number of nitrogens with zero attached hydrogens (tertiary/aromatic N) is 3. The number of ether oxygens (including phenoxy) is 1. The van der Waals surface area contributed by atoms with Gasteiger partial charge in [0.15, 0.2) is 0 Å². The molecule has 0 bridgehead atoms. The van der Waals surface area contributed by atoms with Crippen molar-refractivity contribution in [3.05, 3.63) is 0 Å². The fourth-order valence-electron chi connectivity index (χ4n) is 1.78. The maximum Gasteiger partial charge on any atom is 0.328 e. The number of nitrogen functional groups attached to an aromatic ring is 1. The van der Waals surface area contributed by atoms with Crippen LogP contribution in [0, 0.1) is 0 Å². The van der Waals surface area contributed by atoms with Crippen molar-refractivity contribution < 1.29 is 9.53 Å². The minimum atomic E-state index is -0.287. The third-order valence-corrected chi connectivity index (χ3v) is 2.47. The zero-order chi connectivity index (χ0) is 10.8. The van der Waals surface area contributed by atoms with Gasteiger partial charge in [0.1, 0.15) is 6.04 Å². The van der Waals surface area contributed by atoms with Crippen LogP contribution in [0.4, 0.5) is 11.9 Å². The maximum atomic E-state index is 11.4. The van der Waals surface area contributed by atoms with Crippen molar-refractivity contribution in [3.8, 4) is 0 Å². The van der Waals surface area contributed by atoms with Gasteiger partial charge < -0.3 is 15.4 Å². The lowest BCUT2D eigenvalue weighted by atomic mass is 10.2. The van der Waals surface area contributed by atoms with Gasteiger partial charge >= 0.3 is 5.97 Å². The summed E-state index contributed by atoms with van der Waals surface area (Å²) in [5.41, 5.74) is 5.43. The Hall–Kier alpha value is -1.79. The van der Waals surface area contributed by atoms with E-state index in [2.05, 4.69) is 15.2 Å². The van der Waals surface area contributed by atoms with E-state index in [0.717, 1.165) is 19.4 Å². The van der Waals surface area contributed by atoms with E-state index in [9.17, 15) is 4.79 Å². The number of aromatic nitrogens is 3. The number of methoxy groups -OCH3 is 1. The summed E-state index contributed by atoms with van der Waals surface area (Å²) in [5, 5.41) is 6.47. The topological polar surface area (TPSA) is 97.1 Å². The quantitative estimate of drug-likeness (QED) is 0.642. The van der Waals surface area contributed by atoms with E-state index in [-0.39, 0.29) is 18.0 Å². The normalized spacial score (nSPS) is 20.6. The number of nitrogens with two attached hydrogens (primary N) is 1. The van der Waals surface area contributed by atoms with Gasteiger partial charge in [-0.3, -0.25) is 0 Å². The summed E-state index contributed by atoms with van der Waals surface area (Å²) >= 11 is 0. The first-order valence-electron chi connectivity index (χ1n) is 4.74. The summed E-state index contributed by atoms with van der Waals surface area (Å²) in [6, 6.07) is -0.287. The lowest BCUT2D eigenvalue weighted by Crippen LogP contribution is -2.37. The van der Waals surface area contributed by atoms with Crippen molar-refractivity contribution in [2.45, 2.75) is 18.9 Å². The molecule has 1 fully saturated rings. The molecule has 2 rings (SSSR count). The van der Waals surface area contributed by atoms with Gasteiger partial charge in [0, 0.05) is 6.54 Å². The van der Waals surface area contributed by atoms with Crippen LogP contribution in [0.25, 0.3) is 0 Å². The van der Waals surface area contributed by atoms with E-state index in [0.29, 0.717) is 5.95 Å². The number of carbonyl (C=O) groups is 1. The molecule has 0 aromatic carbocycles. The second-order valence-electron chi connectivity index (χ2n) is 3.40. The summed E-state index contributed by atoms with van der Waals surface area (Å²) in [6.07, 6.45) is 1.69. The third-order valence-electron chi connectivity index (χ3n) is 2.47. The number of H-pyrrole nitrogens is 1. The number of hydrogen-bond acceptors (Lipinski definition) is 6. The summed E-state index contributed by atoms with van der Waals surface area (Å²) < 4.78 is 4.72. The number of carbonyl (C=O) groups excluding carboxylic acids is 1. The Balaban J connectivity index is 2.18. The molecule has 1 aliphatic heterocycles. The zero-order valence-electron chi connectivity index (χ0n) is 8.43. The number of hydrogen-bond donors (Lipinski definition) is 2. The van der Waals surface area contributed by atoms with Gasteiger partial charge in [0.05, 0.1) is 7.11 Å². The Morgan fingerprint density at radius 3 is 3.13 bits per heavy atom. The van der Waals surface area contributed by atoms with E-state index in [1.807, 2.05) is 0 Å². The molecule has 2 heterocycles. The molecule has 1 saturated heterocycles. The molecule has 1 atom stereocenters. The second-order valence-corrected chi connectivity index (χ2v) is 3.40. The van der Waals surface area contributed by atoms with Crippen LogP contribution in [0.3, 0.4) is 0 Å². The smallest absolute Gasteiger partial charge is 0.328 e. The van der Waals surface area contributed by atoms with Crippen LogP contribution in [0.2, 0.25) is 0 Å². The second kappa shape index (κ2) is 3.76. The molecule has 0 amide bonds. The van der Waals surface area contributed by atoms with Gasteiger partial charge in [0.25, 0.3) is 0 Å². The van der Waals surface area contributed by atoms with Crippen molar-refractivity contribution in [1.29, 1.82) is 0 Å². The van der Waals surface area contributed by atoms with Crippen LogP contribution in [-0.2, 0) is 9.53 Å². The SMILES string of the molecule is COC(=O)C1CCCN1c1n[nH]c(N)n1. The molecule has 1 unspecified atom stereocenters. The van der Waals surface area contributed by atoms with Crippen LogP contribution >= 0.6 is 0 Å². The fraction of sp³-hybridized carbons (Fsp3) is 0.625. The van der Waals surface area contributed by atoms with E-state index in [1.54, 1.807) is 4.90 Å². The van der Waals surface area contributed by atoms with E-state index < -0.39 is 0 Å². The Labute approximate surface area is 86.6 Å². The van der Waals surface area contributed by atoms with Gasteiger partial charge in [0.2, 0.25) is 11.9 Å². The maximum absolute atomic E-state index is 11.4. The van der Waals surface area contributed by atoms with Crippen molar-refractivity contribution in [3.63, 3.8) is 0 Å². The first kappa shape index (κ1) is 9.75. The first-order valence-corrected chi connectivity index (χ1v) is 4.74. The van der Waals surface area contributed by atoms with Crippen molar-refractivity contribution in [2.75, 3.05) is 24.3 Å². The standard InChI is InChI=1S/C8H13N5O2/c1-15-6(14)5-3-2-4-13(5)8-10-7(9)11-12-8/h5H,2-4H2,1H3,(H3,9,10,11,12). The Bertz CT molecular complexity index is 364. The lowest BCUT2D eigenvalue weighted by Gasteiger charge is -2.20. The summed E-state index contributed by atoms with van der Waals surface area (Å²) in [4.78, 5) is 17.2. The molecule has 0 aliphatic carbocycles. The van der Waals surface area contributed by atoms with Gasteiger partial charge in [-0.1, -0.05) is 0 Å². The molecule has 1 aromatic heterocycles. The predicted octanol–water partition coefficient (Wildman–Crippen LogP) is -0.471. The number of esters is 1. The highest BCUT2D eigenvalue weighted by molar-refractivity contribution is 5.79. The third kappa shape index (κ3) is 1.72. The zero-order valence-corrected chi connectivity index (χ0v) is 8.43. The molecule has 15 heavy (non-hydrogen) atoms. The minimum Gasteiger partial charge on any atom is -0.467 e. The van der Waals surface area contributed by atoms with E-state index in [4.69, 9.17) is 10.5 Å². The number of aromatic amines is 1. The van der Waals surface area contributed by atoms with Crippen molar-refractivity contribution in [1.82, 2.24) is 15.2 Å². The number of anilines is 2. The van der Waals surface area contributed by atoms with Crippen LogP contribution in [0.5, 0.6) is 0 Å². The molecule has 0 spiro atoms. The van der Waals surface area contributed by atoms with E-state index >= 15 is 0 Å². The Morgan fingerprint density at radius 1 is 1.73 bits per heavy atom. The highest BCUT2D eigenvalue weighted by Crippen LogP contribution is 2.23. The first-order chi connectivity index (χ1) is 7.22. The summed E-state index contributed by atoms with van der Waals surface area (Å²) in [7, 11) is 1.38. The van der Waals surface area contributed by atoms with E-state index in [1.165, 1.54) is 7.11 Å². The predicted molar refractivity (Wildman–Crippen MR) is 53.2 cm³/mol. The molecule has 82 valence electrons. The number of rotatable bonds is 2. The molecule has 3 N–H and O–H groups in total. The van der Waals surface area contributed by atoms with Gasteiger partial charge in [-0.05, 0) is 12.8 Å². The molecule has 1 aliphatic rings. The van der Waals surface area contributed by atoms with Crippen molar-refractivity contribution >= 4 is 17.9 Å². The van der Waals surface area contributed by atoms with Crippen LogP contribution in [-0.4, -0.2) is 40.8 Å². The lowest BCUT2D eigenvalue weighted by molar-refractivity contribution is -0.141. The number of nitrogens with one attached hydrogen (secondary N) is 1. The van der Waals surface area contributed by atoms with Gasteiger partial charge in [-0.25, -0.2) is 9.89 Å². The van der Waals surface area contributed by atoms with Crippen LogP contribution in [0.1, 0.15) is 12.8 Å². The summed E-state index contributed by atoms with van der Waals surface area (Å²) in [6.45, 7) is 0.747. The highest BCUT2D eigenvalue weighted by Gasteiger charge is 2.33.